The van der Waals surface area contributed by atoms with Crippen LogP contribution in [0, 0.1) is 11.8 Å². The maximum atomic E-state index is 12.3. The highest BCUT2D eigenvalue weighted by Crippen LogP contribution is 2.27. The first-order valence-electron chi connectivity index (χ1n) is 7.74. The zero-order valence-corrected chi connectivity index (χ0v) is 13.0. The number of nitrogens with zero attached hydrogens (tertiary/aromatic N) is 1. The van der Waals surface area contributed by atoms with Gasteiger partial charge in [-0.3, -0.25) is 9.69 Å². The van der Waals surface area contributed by atoms with E-state index in [4.69, 9.17) is 4.74 Å². The molecule has 3 amide bonds. The number of fused-ring (bicyclic) bond motifs is 2. The minimum absolute atomic E-state index is 0.0501. The summed E-state index contributed by atoms with van der Waals surface area (Å²) in [5, 5.41) is 15.6. The summed E-state index contributed by atoms with van der Waals surface area (Å²) in [6.07, 6.45) is 0.866. The molecule has 1 aromatic carbocycles. The predicted molar refractivity (Wildman–Crippen MR) is 83.1 cm³/mol. The third-order valence-electron chi connectivity index (χ3n) is 4.43. The minimum Gasteiger partial charge on any atom is -0.504 e. The molecule has 1 aromatic rings. The first-order chi connectivity index (χ1) is 11.1. The van der Waals surface area contributed by atoms with E-state index in [1.54, 1.807) is 12.1 Å². The number of nitrogens with one attached hydrogen (secondary N) is 2. The van der Waals surface area contributed by atoms with Crippen molar-refractivity contribution in [2.45, 2.75) is 13.0 Å². The largest absolute Gasteiger partial charge is 0.504 e. The monoisotopic (exact) mass is 319 g/mol. The molecule has 0 spiro atoms. The molecule has 0 radical (unpaired) electrons. The number of amides is 3. The molecule has 2 heterocycles. The van der Waals surface area contributed by atoms with Gasteiger partial charge in [0.15, 0.2) is 11.5 Å². The van der Waals surface area contributed by atoms with E-state index in [1.807, 2.05) is 0 Å². The average Bonchev–Trinajstić information content (AvgIpc) is 2.57. The number of hydrogen-bond donors (Lipinski definition) is 3. The SMILES string of the molecule is COc1cc(CNC(=O)N2CC3CNCC(C3)C2=O)ccc1O. The van der Waals surface area contributed by atoms with Gasteiger partial charge in [-0.25, -0.2) is 4.79 Å². The molecule has 0 saturated carbocycles. The van der Waals surface area contributed by atoms with Crippen LogP contribution in [0.15, 0.2) is 18.2 Å². The van der Waals surface area contributed by atoms with Crippen molar-refractivity contribution in [1.29, 1.82) is 0 Å². The van der Waals surface area contributed by atoms with Gasteiger partial charge in [0.1, 0.15) is 0 Å². The van der Waals surface area contributed by atoms with Crippen molar-refractivity contribution >= 4 is 11.9 Å². The third-order valence-corrected chi connectivity index (χ3v) is 4.43. The topological polar surface area (TPSA) is 90.9 Å². The van der Waals surface area contributed by atoms with Gasteiger partial charge in [-0.2, -0.15) is 0 Å². The summed E-state index contributed by atoms with van der Waals surface area (Å²) < 4.78 is 5.04. The van der Waals surface area contributed by atoms with E-state index in [1.165, 1.54) is 18.1 Å². The summed E-state index contributed by atoms with van der Waals surface area (Å²) in [5.74, 6) is 0.544. The van der Waals surface area contributed by atoms with Crippen LogP contribution < -0.4 is 15.4 Å². The Morgan fingerprint density at radius 3 is 3.09 bits per heavy atom. The fourth-order valence-corrected chi connectivity index (χ4v) is 3.21. The number of hydrogen-bond acceptors (Lipinski definition) is 5. The average molecular weight is 319 g/mol. The van der Waals surface area contributed by atoms with Crippen molar-refractivity contribution in [2.24, 2.45) is 11.8 Å². The number of aromatic hydroxyl groups is 1. The molecule has 2 aliphatic heterocycles. The molecule has 2 unspecified atom stereocenters. The quantitative estimate of drug-likeness (QED) is 0.762. The van der Waals surface area contributed by atoms with Gasteiger partial charge in [0.25, 0.3) is 0 Å². The number of piperidine rings is 2. The van der Waals surface area contributed by atoms with Gasteiger partial charge in [0.05, 0.1) is 13.0 Å². The summed E-state index contributed by atoms with van der Waals surface area (Å²) in [6.45, 7) is 2.23. The molecule has 2 atom stereocenters. The number of phenolic OH excluding ortho intramolecular Hbond substituents is 1. The molecule has 3 N–H and O–H groups in total. The Labute approximate surface area is 134 Å². The normalized spacial score (nSPS) is 23.5. The van der Waals surface area contributed by atoms with Crippen molar-refractivity contribution < 1.29 is 19.4 Å². The van der Waals surface area contributed by atoms with Gasteiger partial charge in [-0.1, -0.05) is 6.07 Å². The Morgan fingerprint density at radius 1 is 1.48 bits per heavy atom. The summed E-state index contributed by atoms with van der Waals surface area (Å²) in [5.41, 5.74) is 0.791. The number of likely N-dealkylation sites (tertiary alicyclic amines) is 1. The number of ether oxygens (including phenoxy) is 1. The molecule has 23 heavy (non-hydrogen) atoms. The number of carbonyl (C=O) groups excluding carboxylic acids is 2. The van der Waals surface area contributed by atoms with Gasteiger partial charge in [0.2, 0.25) is 5.91 Å². The van der Waals surface area contributed by atoms with Gasteiger partial charge in [0, 0.05) is 19.6 Å². The van der Waals surface area contributed by atoms with Gasteiger partial charge in [-0.15, -0.1) is 0 Å². The van der Waals surface area contributed by atoms with Crippen molar-refractivity contribution in [1.82, 2.24) is 15.5 Å². The molecule has 2 saturated heterocycles. The molecule has 0 aromatic heterocycles. The second-order valence-electron chi connectivity index (χ2n) is 6.07. The Kier molecular flexibility index (Phi) is 4.38. The van der Waals surface area contributed by atoms with Crippen LogP contribution in [0.4, 0.5) is 4.79 Å². The molecule has 2 fully saturated rings. The molecule has 124 valence electrons. The maximum absolute atomic E-state index is 12.3. The molecular formula is C16H21N3O4. The first-order valence-corrected chi connectivity index (χ1v) is 7.74. The number of urea groups is 1. The Bertz CT molecular complexity index is 619. The van der Waals surface area contributed by atoms with Gasteiger partial charge < -0.3 is 20.5 Å². The highest BCUT2D eigenvalue weighted by atomic mass is 16.5. The van der Waals surface area contributed by atoms with Crippen LogP contribution in [0.2, 0.25) is 0 Å². The standard InChI is InChI=1S/C16H21N3O4/c1-23-14-5-10(2-3-13(14)20)7-18-16(22)19-9-11-4-12(15(19)21)8-17-6-11/h2-3,5,11-12,17,20H,4,6-9H2,1H3,(H,18,22). The number of phenols is 1. The lowest BCUT2D eigenvalue weighted by molar-refractivity contribution is -0.137. The molecule has 0 aliphatic carbocycles. The molecule has 7 nitrogen and oxygen atoms in total. The van der Waals surface area contributed by atoms with Gasteiger partial charge in [-0.05, 0) is 36.6 Å². The molecular weight excluding hydrogens is 298 g/mol. The van der Waals surface area contributed by atoms with E-state index in [9.17, 15) is 14.7 Å². The highest BCUT2D eigenvalue weighted by molar-refractivity contribution is 5.96. The second kappa shape index (κ2) is 6.45. The van der Waals surface area contributed by atoms with Crippen molar-refractivity contribution in [3.8, 4) is 11.5 Å². The number of rotatable bonds is 3. The molecule has 7 heteroatoms. The third kappa shape index (κ3) is 3.24. The van der Waals surface area contributed by atoms with Crippen molar-refractivity contribution in [2.75, 3.05) is 26.7 Å². The van der Waals surface area contributed by atoms with Crippen LogP contribution >= 0.6 is 0 Å². The Morgan fingerprint density at radius 2 is 2.30 bits per heavy atom. The highest BCUT2D eigenvalue weighted by Gasteiger charge is 2.39. The smallest absolute Gasteiger partial charge is 0.324 e. The first kappa shape index (κ1) is 15.6. The van der Waals surface area contributed by atoms with Crippen LogP contribution in [-0.4, -0.2) is 48.7 Å². The Hall–Kier alpha value is -2.28. The zero-order chi connectivity index (χ0) is 16.4. The van der Waals surface area contributed by atoms with Crippen molar-refractivity contribution in [3.63, 3.8) is 0 Å². The number of carbonyl (C=O) groups is 2. The Balaban J connectivity index is 1.62. The molecule has 2 aliphatic rings. The van der Waals surface area contributed by atoms with E-state index in [2.05, 4.69) is 10.6 Å². The van der Waals surface area contributed by atoms with E-state index < -0.39 is 0 Å². The minimum atomic E-state index is -0.362. The fraction of sp³-hybridized carbons (Fsp3) is 0.500. The maximum Gasteiger partial charge on any atom is 0.324 e. The number of methoxy groups -OCH3 is 1. The lowest BCUT2D eigenvalue weighted by Gasteiger charge is -2.39. The van der Waals surface area contributed by atoms with E-state index in [0.29, 0.717) is 24.8 Å². The second-order valence-corrected chi connectivity index (χ2v) is 6.07. The number of benzene rings is 1. The summed E-state index contributed by atoms with van der Waals surface area (Å²) in [4.78, 5) is 26.0. The van der Waals surface area contributed by atoms with E-state index in [-0.39, 0.29) is 30.2 Å². The van der Waals surface area contributed by atoms with E-state index >= 15 is 0 Å². The molecule has 3 rings (SSSR count). The number of imide groups is 1. The van der Waals surface area contributed by atoms with Crippen LogP contribution in [-0.2, 0) is 11.3 Å². The summed E-state index contributed by atoms with van der Waals surface area (Å²) >= 11 is 0. The van der Waals surface area contributed by atoms with Crippen molar-refractivity contribution in [3.05, 3.63) is 23.8 Å². The van der Waals surface area contributed by atoms with Crippen LogP contribution in [0.25, 0.3) is 0 Å². The van der Waals surface area contributed by atoms with E-state index in [0.717, 1.165) is 18.5 Å². The molecule has 2 bridgehead atoms. The zero-order valence-electron chi connectivity index (χ0n) is 13.0. The summed E-state index contributed by atoms with van der Waals surface area (Å²) in [6, 6.07) is 4.52. The predicted octanol–water partition coefficient (Wildman–Crippen LogP) is 0.678. The lowest BCUT2D eigenvalue weighted by Crippen LogP contribution is -2.58. The van der Waals surface area contributed by atoms with Gasteiger partial charge >= 0.3 is 6.03 Å². The lowest BCUT2D eigenvalue weighted by atomic mass is 9.85. The van der Waals surface area contributed by atoms with Crippen LogP contribution in [0.5, 0.6) is 11.5 Å². The summed E-state index contributed by atoms with van der Waals surface area (Å²) in [7, 11) is 1.47. The fourth-order valence-electron chi connectivity index (χ4n) is 3.21. The van der Waals surface area contributed by atoms with Crippen LogP contribution in [0.1, 0.15) is 12.0 Å². The van der Waals surface area contributed by atoms with Crippen LogP contribution in [0.3, 0.4) is 0 Å².